The molecule has 1 aromatic carbocycles. The number of rotatable bonds is 2. The van der Waals surface area contributed by atoms with E-state index in [0.29, 0.717) is 0 Å². The summed E-state index contributed by atoms with van der Waals surface area (Å²) in [5, 5.41) is 20.9. The Hall–Kier alpha value is -1.98. The average Bonchev–Trinajstić information content (AvgIpc) is 2.08. The lowest BCUT2D eigenvalue weighted by Crippen LogP contribution is -1.96. The van der Waals surface area contributed by atoms with Crippen LogP contribution in [0.3, 0.4) is 0 Å². The molecule has 1 aromatic rings. The first-order valence-electron chi connectivity index (χ1n) is 3.27. The van der Waals surface area contributed by atoms with Crippen molar-refractivity contribution in [2.75, 3.05) is 0 Å². The number of benzene rings is 1. The maximum atomic E-state index is 13.1. The summed E-state index contributed by atoms with van der Waals surface area (Å²) in [6.07, 6.45) is 0.794. The number of hydrogen-bond acceptors (Lipinski definition) is 4. The van der Waals surface area contributed by atoms with Gasteiger partial charge in [-0.1, -0.05) is 11.2 Å². The molecule has 0 bridgehead atoms. The number of nitrogens with zero attached hydrogens (tertiary/aromatic N) is 2. The SMILES string of the molecule is O=[N+]([O-])c1cccc(C=NO)c1F. The van der Waals surface area contributed by atoms with Crippen LogP contribution < -0.4 is 0 Å². The molecule has 0 spiro atoms. The molecule has 0 amide bonds. The summed E-state index contributed by atoms with van der Waals surface area (Å²) in [5.74, 6) is -1.01. The molecule has 0 saturated carbocycles. The minimum atomic E-state index is -1.01. The highest BCUT2D eigenvalue weighted by Gasteiger charge is 2.15. The predicted molar refractivity (Wildman–Crippen MR) is 42.4 cm³/mol. The summed E-state index contributed by atoms with van der Waals surface area (Å²) in [6.45, 7) is 0. The molecule has 6 heteroatoms. The van der Waals surface area contributed by atoms with Crippen LogP contribution in [0.15, 0.2) is 23.4 Å². The Morgan fingerprint density at radius 2 is 2.31 bits per heavy atom. The number of hydrogen-bond donors (Lipinski definition) is 1. The summed E-state index contributed by atoms with van der Waals surface area (Å²) in [6, 6.07) is 3.60. The molecule has 0 aliphatic heterocycles. The van der Waals surface area contributed by atoms with Gasteiger partial charge in [-0.25, -0.2) is 0 Å². The van der Waals surface area contributed by atoms with Crippen molar-refractivity contribution in [1.82, 2.24) is 0 Å². The van der Waals surface area contributed by atoms with Gasteiger partial charge in [0, 0.05) is 11.6 Å². The van der Waals surface area contributed by atoms with Crippen molar-refractivity contribution in [3.8, 4) is 0 Å². The van der Waals surface area contributed by atoms with Gasteiger partial charge >= 0.3 is 5.69 Å². The number of halogens is 1. The van der Waals surface area contributed by atoms with E-state index in [2.05, 4.69) is 5.16 Å². The lowest BCUT2D eigenvalue weighted by atomic mass is 10.2. The Bertz CT molecular complexity index is 365. The lowest BCUT2D eigenvalue weighted by molar-refractivity contribution is -0.387. The van der Waals surface area contributed by atoms with Crippen LogP contribution in [0.25, 0.3) is 0 Å². The standard InChI is InChI=1S/C7H5FN2O3/c8-7-5(4-9-11)2-1-3-6(7)10(12)13/h1-4,11H. The van der Waals surface area contributed by atoms with Crippen LogP contribution >= 0.6 is 0 Å². The summed E-state index contributed by atoms with van der Waals surface area (Å²) < 4.78 is 13.1. The molecule has 5 nitrogen and oxygen atoms in total. The zero-order valence-corrected chi connectivity index (χ0v) is 6.35. The van der Waals surface area contributed by atoms with Crippen molar-refractivity contribution in [3.63, 3.8) is 0 Å². The van der Waals surface area contributed by atoms with Crippen LogP contribution in [0.5, 0.6) is 0 Å². The van der Waals surface area contributed by atoms with Crippen molar-refractivity contribution in [1.29, 1.82) is 0 Å². The number of nitro benzene ring substituents is 1. The molecule has 0 fully saturated rings. The van der Waals surface area contributed by atoms with Crippen molar-refractivity contribution in [2.24, 2.45) is 5.16 Å². The normalized spacial score (nSPS) is 10.5. The molecular formula is C7H5FN2O3. The molecule has 0 saturated heterocycles. The van der Waals surface area contributed by atoms with Crippen molar-refractivity contribution < 1.29 is 14.5 Å². The van der Waals surface area contributed by atoms with Crippen LogP contribution in [-0.2, 0) is 0 Å². The van der Waals surface area contributed by atoms with Crippen LogP contribution in [0.2, 0.25) is 0 Å². The van der Waals surface area contributed by atoms with Crippen LogP contribution in [0.1, 0.15) is 5.56 Å². The Morgan fingerprint density at radius 3 is 2.85 bits per heavy atom. The van der Waals surface area contributed by atoms with E-state index in [0.717, 1.165) is 12.3 Å². The first kappa shape index (κ1) is 9.11. The molecule has 0 atom stereocenters. The fourth-order valence-corrected chi connectivity index (χ4v) is 0.840. The minimum absolute atomic E-state index is 0.128. The second kappa shape index (κ2) is 3.61. The first-order valence-corrected chi connectivity index (χ1v) is 3.27. The Morgan fingerprint density at radius 1 is 1.62 bits per heavy atom. The van der Waals surface area contributed by atoms with Gasteiger partial charge < -0.3 is 5.21 Å². The van der Waals surface area contributed by atoms with E-state index in [1.807, 2.05) is 0 Å². The van der Waals surface area contributed by atoms with E-state index in [-0.39, 0.29) is 5.56 Å². The molecule has 13 heavy (non-hydrogen) atoms. The van der Waals surface area contributed by atoms with Crippen LogP contribution in [0.4, 0.5) is 10.1 Å². The van der Waals surface area contributed by atoms with Gasteiger partial charge in [-0.2, -0.15) is 4.39 Å². The van der Waals surface area contributed by atoms with Gasteiger partial charge in [0.2, 0.25) is 5.82 Å². The third-order valence-corrected chi connectivity index (χ3v) is 1.40. The van der Waals surface area contributed by atoms with E-state index in [1.165, 1.54) is 12.1 Å². The maximum Gasteiger partial charge on any atom is 0.305 e. The van der Waals surface area contributed by atoms with Gasteiger partial charge in [-0.3, -0.25) is 10.1 Å². The van der Waals surface area contributed by atoms with Crippen LogP contribution in [0, 0.1) is 15.9 Å². The summed E-state index contributed by atoms with van der Waals surface area (Å²) >= 11 is 0. The van der Waals surface area contributed by atoms with Crippen LogP contribution in [-0.4, -0.2) is 16.3 Å². The van der Waals surface area contributed by atoms with Crippen molar-refractivity contribution >= 4 is 11.9 Å². The molecule has 0 heterocycles. The van der Waals surface area contributed by atoms with E-state index >= 15 is 0 Å². The van der Waals surface area contributed by atoms with Gasteiger partial charge in [0.15, 0.2) is 0 Å². The number of oxime groups is 1. The quantitative estimate of drug-likeness (QED) is 0.328. The lowest BCUT2D eigenvalue weighted by Gasteiger charge is -1.95. The summed E-state index contributed by atoms with van der Waals surface area (Å²) in [7, 11) is 0. The average molecular weight is 184 g/mol. The maximum absolute atomic E-state index is 13.1. The zero-order valence-electron chi connectivity index (χ0n) is 6.35. The molecular weight excluding hydrogens is 179 g/mol. The van der Waals surface area contributed by atoms with Gasteiger partial charge in [0.1, 0.15) is 0 Å². The fraction of sp³-hybridized carbons (Fsp3) is 0. The first-order chi connectivity index (χ1) is 6.16. The number of nitro groups is 1. The van der Waals surface area contributed by atoms with E-state index in [9.17, 15) is 14.5 Å². The second-order valence-electron chi connectivity index (χ2n) is 2.18. The molecule has 0 aliphatic carbocycles. The highest BCUT2D eigenvalue weighted by molar-refractivity contribution is 5.80. The van der Waals surface area contributed by atoms with Gasteiger partial charge in [-0.15, -0.1) is 0 Å². The fourth-order valence-electron chi connectivity index (χ4n) is 0.840. The smallest absolute Gasteiger partial charge is 0.305 e. The largest absolute Gasteiger partial charge is 0.411 e. The topological polar surface area (TPSA) is 75.7 Å². The third-order valence-electron chi connectivity index (χ3n) is 1.40. The molecule has 0 aromatic heterocycles. The predicted octanol–water partition coefficient (Wildman–Crippen LogP) is 1.54. The molecule has 68 valence electrons. The summed E-state index contributed by atoms with van der Waals surface area (Å²) in [4.78, 5) is 9.39. The monoisotopic (exact) mass is 184 g/mol. The Balaban J connectivity index is 3.26. The molecule has 0 unspecified atom stereocenters. The summed E-state index contributed by atoms with van der Waals surface area (Å²) in [5.41, 5.74) is -0.769. The van der Waals surface area contributed by atoms with E-state index in [4.69, 9.17) is 5.21 Å². The van der Waals surface area contributed by atoms with E-state index < -0.39 is 16.4 Å². The van der Waals surface area contributed by atoms with Crippen molar-refractivity contribution in [2.45, 2.75) is 0 Å². The molecule has 0 aliphatic rings. The zero-order chi connectivity index (χ0) is 9.84. The van der Waals surface area contributed by atoms with E-state index in [1.54, 1.807) is 0 Å². The second-order valence-corrected chi connectivity index (χ2v) is 2.18. The molecule has 1 N–H and O–H groups in total. The van der Waals surface area contributed by atoms with Gasteiger partial charge in [0.05, 0.1) is 11.1 Å². The minimum Gasteiger partial charge on any atom is -0.411 e. The third kappa shape index (κ3) is 1.78. The highest BCUT2D eigenvalue weighted by Crippen LogP contribution is 2.18. The molecule has 0 radical (unpaired) electrons. The Kier molecular flexibility index (Phi) is 2.53. The van der Waals surface area contributed by atoms with Gasteiger partial charge in [0.25, 0.3) is 0 Å². The van der Waals surface area contributed by atoms with Gasteiger partial charge in [-0.05, 0) is 6.07 Å². The van der Waals surface area contributed by atoms with Crippen molar-refractivity contribution in [3.05, 3.63) is 39.7 Å². The Labute approximate surface area is 72.3 Å². The highest BCUT2D eigenvalue weighted by atomic mass is 19.1. The molecule has 1 rings (SSSR count).